The van der Waals surface area contributed by atoms with Crippen LogP contribution >= 0.6 is 11.3 Å². The van der Waals surface area contributed by atoms with E-state index in [9.17, 15) is 0 Å². The van der Waals surface area contributed by atoms with Crippen LogP contribution in [0.4, 0.5) is 0 Å². The number of nitrogens with zero attached hydrogens (tertiary/aromatic N) is 3. The normalized spacial score (nSPS) is 14.3. The first-order valence-electron chi connectivity index (χ1n) is 25.8. The molecule has 18 rings (SSSR count). The van der Waals surface area contributed by atoms with E-state index in [2.05, 4.69) is 206 Å². The molecule has 350 valence electrons. The third-order valence-corrected chi connectivity index (χ3v) is 17.7. The minimum absolute atomic E-state index is 0.0891. The van der Waals surface area contributed by atoms with Crippen molar-refractivity contribution >= 4 is 136 Å². The Hall–Kier alpha value is -9.75. The first kappa shape index (κ1) is 40.7. The van der Waals surface area contributed by atoms with Crippen LogP contribution in [-0.2, 0) is 0 Å². The van der Waals surface area contributed by atoms with Crippen LogP contribution in [-0.4, -0.2) is 15.0 Å². The van der Waals surface area contributed by atoms with Crippen molar-refractivity contribution in [2.75, 3.05) is 0 Å². The summed E-state index contributed by atoms with van der Waals surface area (Å²) in [7, 11) is 0. The Labute approximate surface area is 436 Å². The van der Waals surface area contributed by atoms with Gasteiger partial charge in [0.05, 0.1) is 0 Å². The molecule has 1 unspecified atom stereocenters. The lowest BCUT2D eigenvalue weighted by molar-refractivity contribution is 0.572. The molecule has 76 heavy (non-hydrogen) atoms. The highest BCUT2D eigenvalue weighted by Crippen LogP contribution is 2.50. The van der Waals surface area contributed by atoms with Crippen molar-refractivity contribution in [3.8, 4) is 45.0 Å². The van der Waals surface area contributed by atoms with Crippen LogP contribution in [0, 0.1) is 5.92 Å². The van der Waals surface area contributed by atoms with E-state index in [1.165, 1.54) is 102 Å². The van der Waals surface area contributed by atoms with Crippen LogP contribution in [0.1, 0.15) is 5.82 Å². The molecule has 6 heteroatoms. The van der Waals surface area contributed by atoms with Gasteiger partial charge >= 0.3 is 0 Å². The highest BCUT2D eigenvalue weighted by atomic mass is 32.1. The lowest BCUT2D eigenvalue weighted by Crippen LogP contribution is -2.22. The van der Waals surface area contributed by atoms with Crippen molar-refractivity contribution in [2.24, 2.45) is 5.92 Å². The molecule has 5 nitrogen and oxygen atoms in total. The Balaban J connectivity index is 0.769. The van der Waals surface area contributed by atoms with Crippen molar-refractivity contribution in [1.29, 1.82) is 0 Å². The van der Waals surface area contributed by atoms with Crippen LogP contribution < -0.4 is 10.6 Å². The number of hydrogen-bond acceptors (Lipinski definition) is 6. The molecule has 0 aliphatic heterocycles. The summed E-state index contributed by atoms with van der Waals surface area (Å²) in [5.41, 5.74) is 12.6. The molecular formula is C70H37N3O2S. The molecule has 0 radical (unpaired) electrons. The molecule has 2 aliphatic carbocycles. The zero-order valence-corrected chi connectivity index (χ0v) is 41.2. The topological polar surface area (TPSA) is 65.0 Å². The van der Waals surface area contributed by atoms with Gasteiger partial charge in [-0.3, -0.25) is 0 Å². The maximum absolute atomic E-state index is 6.36. The Bertz CT molecular complexity index is 5430. The summed E-state index contributed by atoms with van der Waals surface area (Å²) in [6.45, 7) is 0. The molecular weight excluding hydrogens is 947 g/mol. The van der Waals surface area contributed by atoms with Crippen molar-refractivity contribution in [2.45, 2.75) is 0 Å². The molecule has 16 aromatic rings. The van der Waals surface area contributed by atoms with Crippen molar-refractivity contribution in [3.63, 3.8) is 0 Å². The zero-order valence-electron chi connectivity index (χ0n) is 40.4. The molecule has 0 saturated heterocycles. The summed E-state index contributed by atoms with van der Waals surface area (Å²) in [6.07, 6.45) is 4.50. The number of benzene rings is 12. The summed E-state index contributed by atoms with van der Waals surface area (Å²) in [5, 5.41) is 19.5. The average Bonchev–Trinajstić information content (AvgIpc) is 3.75. The number of hydrogen-bond donors (Lipinski definition) is 0. The molecule has 0 bridgehead atoms. The fraction of sp³-hybridized carbons (Fsp3) is 0.0143. The van der Waals surface area contributed by atoms with Gasteiger partial charge in [-0.05, 0) is 142 Å². The quantitative estimate of drug-likeness (QED) is 0.161. The molecule has 12 aromatic carbocycles. The van der Waals surface area contributed by atoms with Gasteiger partial charge < -0.3 is 8.83 Å². The van der Waals surface area contributed by atoms with E-state index in [0.717, 1.165) is 60.6 Å². The Morgan fingerprint density at radius 2 is 0.855 bits per heavy atom. The minimum atomic E-state index is 0.0891. The van der Waals surface area contributed by atoms with Crippen LogP contribution in [0.2, 0.25) is 0 Å². The van der Waals surface area contributed by atoms with Crippen LogP contribution in [0.3, 0.4) is 0 Å². The van der Waals surface area contributed by atoms with Gasteiger partial charge in [-0.15, -0.1) is 11.3 Å². The lowest BCUT2D eigenvalue weighted by Gasteiger charge is -2.14. The summed E-state index contributed by atoms with van der Waals surface area (Å²) >= 11 is 1.79. The number of allylic oxidation sites excluding steroid dienone is 2. The number of aromatic nitrogens is 3. The first-order chi connectivity index (χ1) is 37.6. The minimum Gasteiger partial charge on any atom is -0.456 e. The zero-order chi connectivity index (χ0) is 49.3. The second kappa shape index (κ2) is 14.9. The third-order valence-electron chi connectivity index (χ3n) is 16.4. The molecule has 0 spiro atoms. The number of rotatable bonds is 5. The van der Waals surface area contributed by atoms with Gasteiger partial charge in [-0.2, -0.15) is 0 Å². The monoisotopic (exact) mass is 983 g/mol. The van der Waals surface area contributed by atoms with E-state index in [-0.39, 0.29) is 5.92 Å². The Morgan fingerprint density at radius 3 is 1.58 bits per heavy atom. The largest absolute Gasteiger partial charge is 0.456 e. The molecule has 4 heterocycles. The SMILES string of the molecule is C1=c2oc3ccccc3c2=CC2=C(c3nc(-c4ccc(-c5ccc6c7ccccc7c7ccc(-c8ccc9c(c8)c8cccc%10oc%11cccc9c%11c%108)cc7c6c5)cc4)nc(-c4cccc5c4sc4ccccc45)n3)C12. The van der Waals surface area contributed by atoms with Crippen molar-refractivity contribution in [3.05, 3.63) is 228 Å². The van der Waals surface area contributed by atoms with Crippen molar-refractivity contribution < 1.29 is 8.83 Å². The average molecular weight is 984 g/mol. The molecule has 2 aliphatic rings. The van der Waals surface area contributed by atoms with Gasteiger partial charge in [0.15, 0.2) is 17.5 Å². The number of fused-ring (bicyclic) bond motifs is 16. The summed E-state index contributed by atoms with van der Waals surface area (Å²) < 4.78 is 15.1. The van der Waals surface area contributed by atoms with E-state index >= 15 is 0 Å². The van der Waals surface area contributed by atoms with Gasteiger partial charge in [0.25, 0.3) is 0 Å². The number of furan rings is 2. The van der Waals surface area contributed by atoms with Crippen LogP contribution in [0.25, 0.3) is 170 Å². The number of para-hydroxylation sites is 1. The standard InChI is InChI=1S/C70H37N3O2S/c1-2-11-43-42(10-1)44-29-26-39(32-54(44)55-34-41(27-30-45(43)55)40-28-31-46-49-14-8-19-60-65(49)66-50(53(46)33-40)15-9-20-61(66)75-60)37-22-24-38(25-23-37)68-71-69(52-17-7-16-51-48-13-4-6-21-63(48)76-67(51)52)73-70(72-68)64-57-35-56-47-12-3-5-18-59(47)74-62(56)36-58(57)64/h1-36,58H. The molecule has 0 saturated carbocycles. The van der Waals surface area contributed by atoms with E-state index in [0.29, 0.717) is 17.5 Å². The molecule has 0 amide bonds. The van der Waals surface area contributed by atoms with Gasteiger partial charge in [0.2, 0.25) is 0 Å². The molecule has 4 aromatic heterocycles. The Morgan fingerprint density at radius 1 is 0.355 bits per heavy atom. The predicted molar refractivity (Wildman–Crippen MR) is 315 cm³/mol. The molecule has 0 N–H and O–H groups in total. The summed E-state index contributed by atoms with van der Waals surface area (Å²) in [6, 6.07) is 74.7. The van der Waals surface area contributed by atoms with E-state index in [1.807, 2.05) is 12.1 Å². The second-order valence-corrected chi connectivity index (χ2v) is 21.5. The predicted octanol–water partition coefficient (Wildman–Crippen LogP) is 17.4. The molecule has 0 fully saturated rings. The highest BCUT2D eigenvalue weighted by Gasteiger charge is 2.39. The fourth-order valence-corrected chi connectivity index (χ4v) is 14.0. The van der Waals surface area contributed by atoms with Gasteiger partial charge in [0, 0.05) is 64.2 Å². The van der Waals surface area contributed by atoms with E-state index < -0.39 is 0 Å². The summed E-state index contributed by atoms with van der Waals surface area (Å²) in [5.74, 6) is 2.11. The van der Waals surface area contributed by atoms with Crippen LogP contribution in [0.5, 0.6) is 0 Å². The second-order valence-electron chi connectivity index (χ2n) is 20.5. The fourth-order valence-electron chi connectivity index (χ4n) is 12.8. The van der Waals surface area contributed by atoms with Crippen LogP contribution in [0.15, 0.2) is 221 Å². The Kier molecular flexibility index (Phi) is 8.00. The summed E-state index contributed by atoms with van der Waals surface area (Å²) in [4.78, 5) is 15.9. The first-order valence-corrected chi connectivity index (χ1v) is 26.7. The smallest absolute Gasteiger partial charge is 0.165 e. The van der Waals surface area contributed by atoms with Gasteiger partial charge in [0.1, 0.15) is 22.2 Å². The van der Waals surface area contributed by atoms with Gasteiger partial charge in [-0.25, -0.2) is 15.0 Å². The van der Waals surface area contributed by atoms with Gasteiger partial charge in [-0.1, -0.05) is 158 Å². The lowest BCUT2D eigenvalue weighted by atomic mass is 9.89. The maximum Gasteiger partial charge on any atom is 0.165 e. The maximum atomic E-state index is 6.36. The van der Waals surface area contributed by atoms with E-state index in [1.54, 1.807) is 11.3 Å². The van der Waals surface area contributed by atoms with E-state index in [4.69, 9.17) is 23.8 Å². The third kappa shape index (κ3) is 5.71. The van der Waals surface area contributed by atoms with Crippen molar-refractivity contribution in [1.82, 2.24) is 15.0 Å². The molecule has 1 atom stereocenters. The highest BCUT2D eigenvalue weighted by molar-refractivity contribution is 7.26. The number of thiophene rings is 1.